The van der Waals surface area contributed by atoms with Gasteiger partial charge in [-0.05, 0) is 19.3 Å². The SMILES string of the molecule is CCC(=O)CCC(=O)C1CCCCO1. The molecule has 1 fully saturated rings. The predicted molar refractivity (Wildman–Crippen MR) is 53.1 cm³/mol. The molecular formula is C11H18O3. The molecule has 0 bridgehead atoms. The van der Waals surface area contributed by atoms with E-state index < -0.39 is 0 Å². The number of rotatable bonds is 5. The van der Waals surface area contributed by atoms with Gasteiger partial charge in [0.1, 0.15) is 11.9 Å². The van der Waals surface area contributed by atoms with Crippen molar-refractivity contribution in [3.05, 3.63) is 0 Å². The summed E-state index contributed by atoms with van der Waals surface area (Å²) in [5.74, 6) is 0.264. The van der Waals surface area contributed by atoms with Crippen molar-refractivity contribution < 1.29 is 14.3 Å². The lowest BCUT2D eigenvalue weighted by atomic mass is 10.0. The Bertz CT molecular complexity index is 205. The molecule has 3 heteroatoms. The van der Waals surface area contributed by atoms with Crippen molar-refractivity contribution in [3.63, 3.8) is 0 Å². The minimum Gasteiger partial charge on any atom is -0.370 e. The van der Waals surface area contributed by atoms with Crippen LogP contribution in [0.1, 0.15) is 45.4 Å². The Morgan fingerprint density at radius 2 is 2.07 bits per heavy atom. The third-order valence-electron chi connectivity index (χ3n) is 2.58. The summed E-state index contributed by atoms with van der Waals surface area (Å²) in [4.78, 5) is 22.5. The summed E-state index contributed by atoms with van der Waals surface area (Å²) in [5.41, 5.74) is 0. The van der Waals surface area contributed by atoms with Crippen LogP contribution in [0, 0.1) is 0 Å². The second kappa shape index (κ2) is 5.91. The van der Waals surface area contributed by atoms with Crippen molar-refractivity contribution in [2.75, 3.05) is 6.61 Å². The van der Waals surface area contributed by atoms with Gasteiger partial charge in [-0.25, -0.2) is 0 Å². The van der Waals surface area contributed by atoms with E-state index in [0.717, 1.165) is 19.3 Å². The van der Waals surface area contributed by atoms with E-state index in [4.69, 9.17) is 4.74 Å². The summed E-state index contributed by atoms with van der Waals surface area (Å²) in [7, 11) is 0. The first-order chi connectivity index (χ1) is 6.74. The van der Waals surface area contributed by atoms with E-state index in [0.29, 0.717) is 25.9 Å². The topological polar surface area (TPSA) is 43.4 Å². The van der Waals surface area contributed by atoms with Gasteiger partial charge in [0, 0.05) is 25.9 Å². The molecule has 0 aromatic heterocycles. The summed E-state index contributed by atoms with van der Waals surface area (Å²) >= 11 is 0. The highest BCUT2D eigenvalue weighted by Crippen LogP contribution is 2.15. The molecule has 1 aliphatic heterocycles. The molecule has 1 saturated heterocycles. The second-order valence-electron chi connectivity index (χ2n) is 3.71. The van der Waals surface area contributed by atoms with Gasteiger partial charge in [0.15, 0.2) is 5.78 Å². The fraction of sp³-hybridized carbons (Fsp3) is 0.818. The maximum Gasteiger partial charge on any atom is 0.161 e. The Kier molecular flexibility index (Phi) is 4.80. The van der Waals surface area contributed by atoms with Crippen molar-refractivity contribution in [2.24, 2.45) is 0 Å². The highest BCUT2D eigenvalue weighted by atomic mass is 16.5. The molecule has 0 aromatic rings. The van der Waals surface area contributed by atoms with Crippen LogP contribution in [0.5, 0.6) is 0 Å². The van der Waals surface area contributed by atoms with Crippen LogP contribution in [0.3, 0.4) is 0 Å². The van der Waals surface area contributed by atoms with Crippen LogP contribution >= 0.6 is 0 Å². The maximum atomic E-state index is 11.5. The van der Waals surface area contributed by atoms with Gasteiger partial charge in [-0.15, -0.1) is 0 Å². The fourth-order valence-corrected chi connectivity index (χ4v) is 1.60. The molecule has 14 heavy (non-hydrogen) atoms. The van der Waals surface area contributed by atoms with Crippen molar-refractivity contribution in [1.82, 2.24) is 0 Å². The first-order valence-corrected chi connectivity index (χ1v) is 5.40. The molecule has 1 aliphatic rings. The lowest BCUT2D eigenvalue weighted by Crippen LogP contribution is -2.28. The molecule has 1 atom stereocenters. The molecular weight excluding hydrogens is 180 g/mol. The van der Waals surface area contributed by atoms with Crippen LogP contribution in [-0.2, 0) is 14.3 Å². The van der Waals surface area contributed by atoms with E-state index in [-0.39, 0.29) is 17.7 Å². The monoisotopic (exact) mass is 198 g/mol. The molecule has 1 rings (SSSR count). The average Bonchev–Trinajstić information content (AvgIpc) is 2.26. The lowest BCUT2D eigenvalue weighted by molar-refractivity contribution is -0.134. The van der Waals surface area contributed by atoms with Gasteiger partial charge in [-0.2, -0.15) is 0 Å². The zero-order valence-electron chi connectivity index (χ0n) is 8.75. The van der Waals surface area contributed by atoms with E-state index in [2.05, 4.69) is 0 Å². The molecule has 3 nitrogen and oxygen atoms in total. The van der Waals surface area contributed by atoms with Crippen LogP contribution in [0.25, 0.3) is 0 Å². The second-order valence-corrected chi connectivity index (χ2v) is 3.71. The minimum absolute atomic E-state index is 0.103. The minimum atomic E-state index is -0.228. The summed E-state index contributed by atoms with van der Waals surface area (Å²) in [6.45, 7) is 2.52. The highest BCUT2D eigenvalue weighted by Gasteiger charge is 2.21. The molecule has 0 radical (unpaired) electrons. The lowest BCUT2D eigenvalue weighted by Gasteiger charge is -2.21. The van der Waals surface area contributed by atoms with Gasteiger partial charge in [-0.3, -0.25) is 9.59 Å². The molecule has 0 aromatic carbocycles. The van der Waals surface area contributed by atoms with Gasteiger partial charge in [-0.1, -0.05) is 6.92 Å². The van der Waals surface area contributed by atoms with Crippen LogP contribution in [0.15, 0.2) is 0 Å². The maximum absolute atomic E-state index is 11.5. The summed E-state index contributed by atoms with van der Waals surface area (Å²) < 4.78 is 5.34. The summed E-state index contributed by atoms with van der Waals surface area (Å²) in [6, 6.07) is 0. The van der Waals surface area contributed by atoms with Crippen molar-refractivity contribution in [3.8, 4) is 0 Å². The molecule has 0 spiro atoms. The zero-order valence-corrected chi connectivity index (χ0v) is 8.75. The number of ketones is 2. The standard InChI is InChI=1S/C11H18O3/c1-2-9(12)6-7-10(13)11-5-3-4-8-14-11/h11H,2-8H2,1H3. The Labute approximate surface area is 84.8 Å². The first kappa shape index (κ1) is 11.4. The van der Waals surface area contributed by atoms with Gasteiger partial charge in [0.25, 0.3) is 0 Å². The van der Waals surface area contributed by atoms with Gasteiger partial charge in [0.05, 0.1) is 0 Å². The van der Waals surface area contributed by atoms with Gasteiger partial charge in [0.2, 0.25) is 0 Å². The molecule has 0 amide bonds. The van der Waals surface area contributed by atoms with Crippen molar-refractivity contribution >= 4 is 11.6 Å². The number of Topliss-reactive ketones (excluding diaryl/α,β-unsaturated/α-hetero) is 2. The molecule has 80 valence electrons. The van der Waals surface area contributed by atoms with Gasteiger partial charge < -0.3 is 4.74 Å². The van der Waals surface area contributed by atoms with E-state index in [9.17, 15) is 9.59 Å². The van der Waals surface area contributed by atoms with Crippen molar-refractivity contribution in [2.45, 2.75) is 51.6 Å². The van der Waals surface area contributed by atoms with E-state index in [1.54, 1.807) is 0 Å². The Morgan fingerprint density at radius 1 is 1.29 bits per heavy atom. The zero-order chi connectivity index (χ0) is 10.4. The molecule has 1 unspecified atom stereocenters. The molecule has 0 N–H and O–H groups in total. The van der Waals surface area contributed by atoms with Gasteiger partial charge >= 0.3 is 0 Å². The van der Waals surface area contributed by atoms with E-state index in [1.807, 2.05) is 6.92 Å². The molecule has 0 aliphatic carbocycles. The molecule has 0 saturated carbocycles. The van der Waals surface area contributed by atoms with Crippen LogP contribution in [-0.4, -0.2) is 24.3 Å². The normalized spacial score (nSPS) is 21.9. The van der Waals surface area contributed by atoms with Crippen LogP contribution in [0.4, 0.5) is 0 Å². The number of carbonyl (C=O) groups excluding carboxylic acids is 2. The van der Waals surface area contributed by atoms with Crippen molar-refractivity contribution in [1.29, 1.82) is 0 Å². The highest BCUT2D eigenvalue weighted by molar-refractivity contribution is 5.88. The quantitative estimate of drug-likeness (QED) is 0.677. The smallest absolute Gasteiger partial charge is 0.161 e. The van der Waals surface area contributed by atoms with E-state index >= 15 is 0 Å². The first-order valence-electron chi connectivity index (χ1n) is 5.40. The Morgan fingerprint density at radius 3 is 2.64 bits per heavy atom. The van der Waals surface area contributed by atoms with Crippen LogP contribution in [0.2, 0.25) is 0 Å². The summed E-state index contributed by atoms with van der Waals surface area (Å²) in [6.07, 6.45) is 3.99. The largest absolute Gasteiger partial charge is 0.370 e. The third kappa shape index (κ3) is 3.58. The Balaban J connectivity index is 2.23. The number of hydrogen-bond donors (Lipinski definition) is 0. The number of ether oxygens (including phenoxy) is 1. The number of carbonyl (C=O) groups is 2. The third-order valence-corrected chi connectivity index (χ3v) is 2.58. The average molecular weight is 198 g/mol. The van der Waals surface area contributed by atoms with E-state index in [1.165, 1.54) is 0 Å². The summed E-state index contributed by atoms with van der Waals surface area (Å²) in [5, 5.41) is 0. The predicted octanol–water partition coefficient (Wildman–Crippen LogP) is 1.88. The fourth-order valence-electron chi connectivity index (χ4n) is 1.60. The van der Waals surface area contributed by atoms with Crippen LogP contribution < -0.4 is 0 Å². The Hall–Kier alpha value is -0.700. The molecule has 1 heterocycles. The number of hydrogen-bond acceptors (Lipinski definition) is 3.